The van der Waals surface area contributed by atoms with Gasteiger partial charge in [-0.3, -0.25) is 9.59 Å². The van der Waals surface area contributed by atoms with Crippen molar-refractivity contribution in [3.8, 4) is 5.75 Å². The van der Waals surface area contributed by atoms with Crippen LogP contribution in [0.4, 0.5) is 4.39 Å². The average molecular weight is 531 g/mol. The maximum Gasteiger partial charge on any atom is 0.243 e. The molecule has 0 heterocycles. The molecule has 0 radical (unpaired) electrons. The minimum absolute atomic E-state index is 0.119. The van der Waals surface area contributed by atoms with Crippen LogP contribution in [0, 0.1) is 12.7 Å². The summed E-state index contributed by atoms with van der Waals surface area (Å²) >= 11 is 0. The highest BCUT2D eigenvalue weighted by Crippen LogP contribution is 2.21. The number of amides is 2. The predicted octanol–water partition coefficient (Wildman–Crippen LogP) is 6.38. The molecule has 2 amide bonds. The van der Waals surface area contributed by atoms with Gasteiger partial charge in [-0.25, -0.2) is 4.39 Å². The van der Waals surface area contributed by atoms with Crippen LogP contribution in [0.3, 0.4) is 0 Å². The zero-order chi connectivity index (χ0) is 27.5. The van der Waals surface area contributed by atoms with Gasteiger partial charge in [0.2, 0.25) is 11.8 Å². The van der Waals surface area contributed by atoms with E-state index in [1.807, 2.05) is 61.5 Å². The molecule has 0 aliphatic heterocycles. The van der Waals surface area contributed by atoms with E-state index in [2.05, 4.69) is 5.32 Å². The van der Waals surface area contributed by atoms with Crippen molar-refractivity contribution >= 4 is 11.8 Å². The molecule has 1 atom stereocenters. The van der Waals surface area contributed by atoms with E-state index in [-0.39, 0.29) is 36.6 Å². The molecule has 3 aromatic carbocycles. The summed E-state index contributed by atoms with van der Waals surface area (Å²) < 4.78 is 19.5. The SMILES string of the molecule is Cc1ccc(OCCCC(=O)N(Cc2ccc(F)cc2)[C@H](Cc2ccccc2)C(=O)NC2CCCCC2)cc1. The quantitative estimate of drug-likeness (QED) is 0.276. The molecule has 0 aromatic heterocycles. The summed E-state index contributed by atoms with van der Waals surface area (Å²) in [6.45, 7) is 2.65. The summed E-state index contributed by atoms with van der Waals surface area (Å²) in [6, 6.07) is 23.2. The third-order valence-electron chi connectivity index (χ3n) is 7.31. The van der Waals surface area contributed by atoms with E-state index in [1.54, 1.807) is 17.0 Å². The van der Waals surface area contributed by atoms with Crippen LogP contribution in [-0.4, -0.2) is 35.4 Å². The number of benzene rings is 3. The standard InChI is InChI=1S/C33H39FN2O3/c1-25-14-20-30(21-15-25)39-22-8-13-32(37)36(24-27-16-18-28(34)19-17-27)31(23-26-9-4-2-5-10-26)33(38)35-29-11-6-3-7-12-29/h2,4-5,9-10,14-21,29,31H,3,6-8,11-13,22-24H2,1H3,(H,35,38)/t31-/m1/s1. The third-order valence-corrected chi connectivity index (χ3v) is 7.31. The fraction of sp³-hybridized carbons (Fsp3) is 0.394. The Hall–Kier alpha value is -3.67. The zero-order valence-corrected chi connectivity index (χ0v) is 22.8. The molecule has 1 fully saturated rings. The zero-order valence-electron chi connectivity index (χ0n) is 22.8. The second kappa shape index (κ2) is 14.5. The van der Waals surface area contributed by atoms with Gasteiger partial charge in [0, 0.05) is 25.4 Å². The number of halogens is 1. The van der Waals surface area contributed by atoms with E-state index in [4.69, 9.17) is 4.74 Å². The number of hydrogen-bond acceptors (Lipinski definition) is 3. The second-order valence-electron chi connectivity index (χ2n) is 10.5. The lowest BCUT2D eigenvalue weighted by atomic mass is 9.94. The number of hydrogen-bond donors (Lipinski definition) is 1. The van der Waals surface area contributed by atoms with E-state index < -0.39 is 6.04 Å². The number of ether oxygens (including phenoxy) is 1. The number of carbonyl (C=O) groups excluding carboxylic acids is 2. The predicted molar refractivity (Wildman–Crippen MR) is 152 cm³/mol. The summed E-state index contributed by atoms with van der Waals surface area (Å²) in [4.78, 5) is 29.1. The van der Waals surface area contributed by atoms with E-state index >= 15 is 0 Å². The van der Waals surface area contributed by atoms with Gasteiger partial charge < -0.3 is 15.0 Å². The number of rotatable bonds is 12. The van der Waals surface area contributed by atoms with E-state index in [1.165, 1.54) is 18.6 Å². The van der Waals surface area contributed by atoms with Gasteiger partial charge in [0.15, 0.2) is 0 Å². The van der Waals surface area contributed by atoms with Crippen molar-refractivity contribution in [3.05, 3.63) is 101 Å². The first-order valence-electron chi connectivity index (χ1n) is 14.1. The molecule has 1 N–H and O–H groups in total. The first-order valence-corrected chi connectivity index (χ1v) is 14.1. The number of aryl methyl sites for hydroxylation is 1. The Kier molecular flexibility index (Phi) is 10.5. The highest BCUT2D eigenvalue weighted by Gasteiger charge is 2.31. The molecule has 1 saturated carbocycles. The molecular weight excluding hydrogens is 491 g/mol. The topological polar surface area (TPSA) is 58.6 Å². The molecule has 1 aliphatic carbocycles. The lowest BCUT2D eigenvalue weighted by Gasteiger charge is -2.33. The van der Waals surface area contributed by atoms with Crippen LogP contribution in [-0.2, 0) is 22.6 Å². The van der Waals surface area contributed by atoms with Crippen LogP contribution in [0.2, 0.25) is 0 Å². The highest BCUT2D eigenvalue weighted by atomic mass is 19.1. The fourth-order valence-electron chi connectivity index (χ4n) is 5.08. The lowest BCUT2D eigenvalue weighted by Crippen LogP contribution is -2.52. The van der Waals surface area contributed by atoms with Gasteiger partial charge >= 0.3 is 0 Å². The highest BCUT2D eigenvalue weighted by molar-refractivity contribution is 5.88. The van der Waals surface area contributed by atoms with E-state index in [0.29, 0.717) is 19.4 Å². The number of carbonyl (C=O) groups is 2. The van der Waals surface area contributed by atoms with Crippen LogP contribution in [0.5, 0.6) is 5.75 Å². The van der Waals surface area contributed by atoms with Crippen molar-refractivity contribution in [2.24, 2.45) is 0 Å². The molecule has 39 heavy (non-hydrogen) atoms. The molecule has 206 valence electrons. The first kappa shape index (κ1) is 28.3. The Bertz CT molecular complexity index is 1180. The van der Waals surface area contributed by atoms with Crippen molar-refractivity contribution in [1.82, 2.24) is 10.2 Å². The Morgan fingerprint density at radius 3 is 2.31 bits per heavy atom. The molecule has 6 heteroatoms. The molecule has 4 rings (SSSR count). The maximum absolute atomic E-state index is 13.8. The van der Waals surface area contributed by atoms with Gasteiger partial charge in [-0.05, 0) is 61.6 Å². The normalized spacial score (nSPS) is 14.4. The molecule has 0 bridgehead atoms. The number of nitrogens with zero attached hydrogens (tertiary/aromatic N) is 1. The van der Waals surface area contributed by atoms with Gasteiger partial charge in [-0.15, -0.1) is 0 Å². The van der Waals surface area contributed by atoms with Crippen molar-refractivity contribution in [2.75, 3.05) is 6.61 Å². The van der Waals surface area contributed by atoms with Crippen LogP contribution < -0.4 is 10.1 Å². The van der Waals surface area contributed by atoms with Gasteiger partial charge in [0.1, 0.15) is 17.6 Å². The Morgan fingerprint density at radius 2 is 1.62 bits per heavy atom. The van der Waals surface area contributed by atoms with Crippen LogP contribution >= 0.6 is 0 Å². The Morgan fingerprint density at radius 1 is 0.923 bits per heavy atom. The monoisotopic (exact) mass is 530 g/mol. The minimum Gasteiger partial charge on any atom is -0.494 e. The van der Waals surface area contributed by atoms with E-state index in [9.17, 15) is 14.0 Å². The van der Waals surface area contributed by atoms with Gasteiger partial charge in [0.25, 0.3) is 0 Å². The summed E-state index contributed by atoms with van der Waals surface area (Å²) in [6.07, 6.45) is 6.51. The van der Waals surface area contributed by atoms with E-state index in [0.717, 1.165) is 48.1 Å². The largest absolute Gasteiger partial charge is 0.494 e. The van der Waals surface area contributed by atoms with Crippen LogP contribution in [0.1, 0.15) is 61.6 Å². The Labute approximate surface area is 231 Å². The molecular formula is C33H39FN2O3. The molecule has 0 saturated heterocycles. The summed E-state index contributed by atoms with van der Waals surface area (Å²) in [5.41, 5.74) is 2.93. The maximum atomic E-state index is 13.8. The second-order valence-corrected chi connectivity index (χ2v) is 10.5. The molecule has 3 aromatic rings. The summed E-state index contributed by atoms with van der Waals surface area (Å²) in [5.74, 6) is 0.189. The van der Waals surface area contributed by atoms with Gasteiger partial charge in [0.05, 0.1) is 6.61 Å². The van der Waals surface area contributed by atoms with Crippen molar-refractivity contribution in [1.29, 1.82) is 0 Å². The number of nitrogens with one attached hydrogen (secondary N) is 1. The van der Waals surface area contributed by atoms with Gasteiger partial charge in [-0.1, -0.05) is 79.4 Å². The summed E-state index contributed by atoms with van der Waals surface area (Å²) in [7, 11) is 0. The third kappa shape index (κ3) is 8.95. The minimum atomic E-state index is -0.676. The smallest absolute Gasteiger partial charge is 0.243 e. The Balaban J connectivity index is 1.51. The fourth-order valence-corrected chi connectivity index (χ4v) is 5.08. The first-order chi connectivity index (χ1) is 19.0. The van der Waals surface area contributed by atoms with Crippen molar-refractivity contribution in [2.45, 2.75) is 76.9 Å². The summed E-state index contributed by atoms with van der Waals surface area (Å²) in [5, 5.41) is 3.25. The van der Waals surface area contributed by atoms with Crippen LogP contribution in [0.25, 0.3) is 0 Å². The molecule has 1 aliphatic rings. The lowest BCUT2D eigenvalue weighted by molar-refractivity contribution is -0.141. The van der Waals surface area contributed by atoms with Gasteiger partial charge in [-0.2, -0.15) is 0 Å². The van der Waals surface area contributed by atoms with Crippen molar-refractivity contribution in [3.63, 3.8) is 0 Å². The molecule has 5 nitrogen and oxygen atoms in total. The molecule has 0 unspecified atom stereocenters. The van der Waals surface area contributed by atoms with Crippen LogP contribution in [0.15, 0.2) is 78.9 Å². The van der Waals surface area contributed by atoms with Crippen molar-refractivity contribution < 1.29 is 18.7 Å². The average Bonchev–Trinajstić information content (AvgIpc) is 2.96. The molecule has 0 spiro atoms.